The predicted octanol–water partition coefficient (Wildman–Crippen LogP) is 5.01. The van der Waals surface area contributed by atoms with Crippen LogP contribution in [0.25, 0.3) is 10.9 Å². The second kappa shape index (κ2) is 8.26. The molecule has 3 aromatic rings. The summed E-state index contributed by atoms with van der Waals surface area (Å²) in [5.41, 5.74) is 8.66. The highest BCUT2D eigenvalue weighted by atomic mass is 19.1. The third-order valence-corrected chi connectivity index (χ3v) is 5.74. The number of nitrogens with two attached hydrogens (primary N) is 1. The summed E-state index contributed by atoms with van der Waals surface area (Å²) in [6, 6.07) is 15.4. The van der Waals surface area contributed by atoms with E-state index >= 15 is 0 Å². The fraction of sp³-hybridized carbons (Fsp3) is 0.440. The van der Waals surface area contributed by atoms with E-state index < -0.39 is 11.6 Å². The third-order valence-electron chi connectivity index (χ3n) is 5.74. The van der Waals surface area contributed by atoms with Gasteiger partial charge in [0.2, 0.25) is 0 Å². The second-order valence-corrected chi connectivity index (χ2v) is 9.39. The van der Waals surface area contributed by atoms with Crippen molar-refractivity contribution in [1.29, 1.82) is 0 Å². The summed E-state index contributed by atoms with van der Waals surface area (Å²) in [6.45, 7) is 10.2. The Kier molecular flexibility index (Phi) is 5.81. The van der Waals surface area contributed by atoms with Gasteiger partial charge in [-0.3, -0.25) is 0 Å². The van der Waals surface area contributed by atoms with Crippen LogP contribution in [0.4, 0.5) is 10.1 Å². The van der Waals surface area contributed by atoms with Crippen LogP contribution in [0.2, 0.25) is 0 Å². The molecule has 4 rings (SSSR count). The van der Waals surface area contributed by atoms with Gasteiger partial charge < -0.3 is 24.5 Å². The van der Waals surface area contributed by atoms with Crippen LogP contribution in [0.15, 0.2) is 48.5 Å². The SMILES string of the molecule is CC1(C)OCC(Cn2c(C(C)(C)COCc3ccccc3)cc3cc(N)c(F)cc32)O1. The summed E-state index contributed by atoms with van der Waals surface area (Å²) in [5, 5.41) is 0.906. The van der Waals surface area contributed by atoms with Crippen LogP contribution in [-0.2, 0) is 32.8 Å². The number of hydrogen-bond acceptors (Lipinski definition) is 4. The van der Waals surface area contributed by atoms with Crippen LogP contribution in [0.3, 0.4) is 0 Å². The third kappa shape index (κ3) is 4.76. The van der Waals surface area contributed by atoms with Crippen LogP contribution in [-0.4, -0.2) is 29.7 Å². The lowest BCUT2D eigenvalue weighted by Crippen LogP contribution is -2.30. The van der Waals surface area contributed by atoms with E-state index in [2.05, 4.69) is 36.6 Å². The molecular formula is C25H31FN2O3. The van der Waals surface area contributed by atoms with Crippen molar-refractivity contribution in [3.8, 4) is 0 Å². The van der Waals surface area contributed by atoms with Gasteiger partial charge in [-0.1, -0.05) is 44.2 Å². The molecule has 0 aliphatic carbocycles. The van der Waals surface area contributed by atoms with Crippen LogP contribution < -0.4 is 5.73 Å². The van der Waals surface area contributed by atoms with Gasteiger partial charge in [0.15, 0.2) is 5.79 Å². The Morgan fingerprint density at radius 1 is 1.19 bits per heavy atom. The highest BCUT2D eigenvalue weighted by molar-refractivity contribution is 5.85. The minimum atomic E-state index is -0.613. The molecule has 166 valence electrons. The molecule has 5 nitrogen and oxygen atoms in total. The number of rotatable bonds is 7. The normalized spacial score (nSPS) is 18.7. The number of ether oxygens (including phenoxy) is 3. The maximum atomic E-state index is 14.3. The number of nitrogens with zero attached hydrogens (tertiary/aromatic N) is 1. The lowest BCUT2D eigenvalue weighted by atomic mass is 9.90. The minimum absolute atomic E-state index is 0.119. The van der Waals surface area contributed by atoms with Gasteiger partial charge in [-0.15, -0.1) is 0 Å². The zero-order valence-electron chi connectivity index (χ0n) is 18.7. The van der Waals surface area contributed by atoms with Crippen molar-refractivity contribution in [3.05, 3.63) is 65.6 Å². The largest absolute Gasteiger partial charge is 0.396 e. The molecule has 2 N–H and O–H groups in total. The molecule has 0 radical (unpaired) electrons. The summed E-state index contributed by atoms with van der Waals surface area (Å²) in [7, 11) is 0. The Balaban J connectivity index is 1.63. The van der Waals surface area contributed by atoms with Gasteiger partial charge in [0.1, 0.15) is 11.9 Å². The smallest absolute Gasteiger partial charge is 0.163 e. The fourth-order valence-electron chi connectivity index (χ4n) is 4.19. The molecule has 2 heterocycles. The number of hydrogen-bond donors (Lipinski definition) is 1. The molecule has 0 amide bonds. The van der Waals surface area contributed by atoms with Crippen molar-refractivity contribution in [2.75, 3.05) is 18.9 Å². The summed E-state index contributed by atoms with van der Waals surface area (Å²) in [6.07, 6.45) is -0.119. The van der Waals surface area contributed by atoms with Crippen molar-refractivity contribution < 1.29 is 18.6 Å². The zero-order valence-corrected chi connectivity index (χ0v) is 18.7. The van der Waals surface area contributed by atoms with Gasteiger partial charge in [-0.05, 0) is 31.5 Å². The number of benzene rings is 2. The highest BCUT2D eigenvalue weighted by Gasteiger charge is 2.35. The first-order valence-electron chi connectivity index (χ1n) is 10.7. The number of nitrogen functional groups attached to an aromatic ring is 1. The second-order valence-electron chi connectivity index (χ2n) is 9.39. The van der Waals surface area contributed by atoms with Crippen molar-refractivity contribution in [1.82, 2.24) is 4.57 Å². The molecule has 1 atom stereocenters. The van der Waals surface area contributed by atoms with Gasteiger partial charge in [0, 0.05) is 22.6 Å². The molecule has 0 saturated carbocycles. The summed E-state index contributed by atoms with van der Waals surface area (Å²) < 4.78 is 34.3. The van der Waals surface area contributed by atoms with E-state index in [1.54, 1.807) is 6.07 Å². The molecule has 1 saturated heterocycles. The lowest BCUT2D eigenvalue weighted by Gasteiger charge is -2.28. The van der Waals surface area contributed by atoms with Crippen molar-refractivity contribution in [2.24, 2.45) is 0 Å². The Labute approximate surface area is 182 Å². The molecule has 1 unspecified atom stereocenters. The summed E-state index contributed by atoms with van der Waals surface area (Å²) in [5.74, 6) is -1.03. The van der Waals surface area contributed by atoms with E-state index in [4.69, 9.17) is 19.9 Å². The Hall–Kier alpha value is -2.41. The topological polar surface area (TPSA) is 58.6 Å². The fourth-order valence-corrected chi connectivity index (χ4v) is 4.19. The molecule has 1 aliphatic rings. The van der Waals surface area contributed by atoms with Crippen molar-refractivity contribution >= 4 is 16.6 Å². The molecule has 31 heavy (non-hydrogen) atoms. The van der Waals surface area contributed by atoms with E-state index in [0.717, 1.165) is 22.2 Å². The maximum absolute atomic E-state index is 14.3. The monoisotopic (exact) mass is 426 g/mol. The first-order valence-corrected chi connectivity index (χ1v) is 10.7. The number of halogens is 1. The molecule has 6 heteroatoms. The zero-order chi connectivity index (χ0) is 22.2. The van der Waals surface area contributed by atoms with E-state index in [0.29, 0.717) is 26.4 Å². The van der Waals surface area contributed by atoms with E-state index in [9.17, 15) is 4.39 Å². The van der Waals surface area contributed by atoms with Crippen LogP contribution in [0.1, 0.15) is 39.0 Å². The Morgan fingerprint density at radius 2 is 1.94 bits per heavy atom. The Bertz CT molecular complexity index is 1060. The number of fused-ring (bicyclic) bond motifs is 1. The molecule has 0 bridgehead atoms. The van der Waals surface area contributed by atoms with Gasteiger partial charge >= 0.3 is 0 Å². The quantitative estimate of drug-likeness (QED) is 0.540. The van der Waals surface area contributed by atoms with Gasteiger partial charge in [-0.25, -0.2) is 4.39 Å². The predicted molar refractivity (Wildman–Crippen MR) is 120 cm³/mol. The first-order chi connectivity index (χ1) is 14.6. The van der Waals surface area contributed by atoms with Crippen LogP contribution in [0, 0.1) is 5.82 Å². The molecule has 1 aromatic heterocycles. The standard InChI is InChI=1S/C25H31FN2O3/c1-24(2,16-29-14-17-8-6-5-7-9-17)23-11-18-10-21(27)20(26)12-22(18)28(23)13-19-15-30-25(3,4)31-19/h5-12,19H,13-16,27H2,1-4H3. The van der Waals surface area contributed by atoms with Crippen LogP contribution in [0.5, 0.6) is 0 Å². The van der Waals surface area contributed by atoms with Gasteiger partial charge in [0.05, 0.1) is 37.6 Å². The lowest BCUT2D eigenvalue weighted by molar-refractivity contribution is -0.139. The number of anilines is 1. The molecular weight excluding hydrogens is 395 g/mol. The van der Waals surface area contributed by atoms with Crippen molar-refractivity contribution in [2.45, 2.75) is 58.2 Å². The molecule has 1 fully saturated rings. The minimum Gasteiger partial charge on any atom is -0.396 e. The summed E-state index contributed by atoms with van der Waals surface area (Å²) >= 11 is 0. The van der Waals surface area contributed by atoms with E-state index in [1.807, 2.05) is 32.0 Å². The molecule has 0 spiro atoms. The maximum Gasteiger partial charge on any atom is 0.163 e. The highest BCUT2D eigenvalue weighted by Crippen LogP contribution is 2.34. The van der Waals surface area contributed by atoms with Gasteiger partial charge in [0.25, 0.3) is 0 Å². The van der Waals surface area contributed by atoms with Crippen molar-refractivity contribution in [3.63, 3.8) is 0 Å². The van der Waals surface area contributed by atoms with E-state index in [1.165, 1.54) is 6.07 Å². The number of aromatic nitrogens is 1. The molecule has 1 aliphatic heterocycles. The average molecular weight is 427 g/mol. The van der Waals surface area contributed by atoms with Crippen LogP contribution >= 0.6 is 0 Å². The molecule has 2 aromatic carbocycles. The Morgan fingerprint density at radius 3 is 2.61 bits per heavy atom. The average Bonchev–Trinajstić information content (AvgIpc) is 3.23. The first kappa shape index (κ1) is 21.8. The van der Waals surface area contributed by atoms with Gasteiger partial charge in [-0.2, -0.15) is 0 Å². The van der Waals surface area contributed by atoms with E-state index in [-0.39, 0.29) is 17.2 Å². The summed E-state index contributed by atoms with van der Waals surface area (Å²) in [4.78, 5) is 0.